The van der Waals surface area contributed by atoms with Gasteiger partial charge in [0.2, 0.25) is 0 Å². The van der Waals surface area contributed by atoms with Crippen LogP contribution in [0.5, 0.6) is 0 Å². The molecule has 0 bridgehead atoms. The van der Waals surface area contributed by atoms with Crippen LogP contribution in [0.1, 0.15) is 6.92 Å². The molecule has 0 aliphatic carbocycles. The highest BCUT2D eigenvalue weighted by Crippen LogP contribution is 2.30. The lowest BCUT2D eigenvalue weighted by Gasteiger charge is -2.14. The Balaban J connectivity index is 2.55. The summed E-state index contributed by atoms with van der Waals surface area (Å²) in [5, 5.41) is 1.40. The first-order valence-electron chi connectivity index (χ1n) is 5.07. The summed E-state index contributed by atoms with van der Waals surface area (Å²) in [5.41, 5.74) is 5.59. The maximum atomic E-state index is 6.05. The Labute approximate surface area is 110 Å². The number of thioether (sulfide) groups is 1. The second-order valence-corrected chi connectivity index (χ2v) is 5.10. The highest BCUT2D eigenvalue weighted by atomic mass is 35.5. The van der Waals surface area contributed by atoms with Crippen LogP contribution >= 0.6 is 35.0 Å². The van der Waals surface area contributed by atoms with E-state index in [2.05, 4.69) is 0 Å². The molecule has 0 aliphatic heterocycles. The summed E-state index contributed by atoms with van der Waals surface area (Å²) in [4.78, 5) is 0.965. The maximum absolute atomic E-state index is 6.05. The lowest BCUT2D eigenvalue weighted by molar-refractivity contribution is 0.0858. The predicted octanol–water partition coefficient (Wildman–Crippen LogP) is 3.45. The van der Waals surface area contributed by atoms with E-state index >= 15 is 0 Å². The Kier molecular flexibility index (Phi) is 6.54. The quantitative estimate of drug-likeness (QED) is 0.811. The molecule has 2 N–H and O–H groups in total. The van der Waals surface area contributed by atoms with Gasteiger partial charge >= 0.3 is 0 Å². The summed E-state index contributed by atoms with van der Waals surface area (Å²) in [5.74, 6) is 0.782. The maximum Gasteiger partial charge on any atom is 0.0790 e. The highest BCUT2D eigenvalue weighted by Gasteiger charge is 2.09. The number of rotatable bonds is 6. The minimum atomic E-state index is 0.0602. The molecule has 0 amide bonds. The van der Waals surface area contributed by atoms with E-state index in [-0.39, 0.29) is 6.10 Å². The van der Waals surface area contributed by atoms with Crippen molar-refractivity contribution in [2.75, 3.05) is 18.9 Å². The molecule has 5 heteroatoms. The summed E-state index contributed by atoms with van der Waals surface area (Å²) >= 11 is 13.6. The molecule has 0 spiro atoms. The van der Waals surface area contributed by atoms with E-state index in [0.29, 0.717) is 23.2 Å². The molecule has 1 aromatic carbocycles. The number of halogens is 2. The lowest BCUT2D eigenvalue weighted by Crippen LogP contribution is -2.26. The zero-order chi connectivity index (χ0) is 12.0. The molecular formula is C11H15Cl2NOS. The van der Waals surface area contributed by atoms with Gasteiger partial charge in [-0.05, 0) is 25.1 Å². The van der Waals surface area contributed by atoms with E-state index in [1.807, 2.05) is 13.0 Å². The van der Waals surface area contributed by atoms with Gasteiger partial charge in [-0.2, -0.15) is 0 Å². The normalized spacial score (nSPS) is 12.8. The van der Waals surface area contributed by atoms with Crippen molar-refractivity contribution in [1.82, 2.24) is 0 Å². The van der Waals surface area contributed by atoms with Crippen molar-refractivity contribution in [2.45, 2.75) is 17.9 Å². The second-order valence-electron chi connectivity index (χ2n) is 3.20. The number of ether oxygens (including phenoxy) is 1. The molecule has 0 heterocycles. The van der Waals surface area contributed by atoms with Crippen LogP contribution in [-0.2, 0) is 4.74 Å². The van der Waals surface area contributed by atoms with Gasteiger partial charge in [0.25, 0.3) is 0 Å². The molecule has 0 aromatic heterocycles. The first-order valence-corrected chi connectivity index (χ1v) is 6.81. The van der Waals surface area contributed by atoms with E-state index < -0.39 is 0 Å². The Morgan fingerprint density at radius 3 is 2.81 bits per heavy atom. The van der Waals surface area contributed by atoms with Crippen LogP contribution in [0.25, 0.3) is 0 Å². The van der Waals surface area contributed by atoms with Crippen molar-refractivity contribution >= 4 is 35.0 Å². The first-order chi connectivity index (χ1) is 7.67. The van der Waals surface area contributed by atoms with E-state index in [1.165, 1.54) is 0 Å². The van der Waals surface area contributed by atoms with E-state index in [0.717, 1.165) is 10.6 Å². The van der Waals surface area contributed by atoms with Gasteiger partial charge in [-0.3, -0.25) is 0 Å². The van der Waals surface area contributed by atoms with Crippen LogP contribution in [0.2, 0.25) is 10.0 Å². The Hall–Kier alpha value is 0.0700. The SMILES string of the molecule is CCOC(CN)CSc1cc(Cl)ccc1Cl. The molecule has 2 nitrogen and oxygen atoms in total. The van der Waals surface area contributed by atoms with Crippen molar-refractivity contribution < 1.29 is 4.74 Å². The van der Waals surface area contributed by atoms with Crippen molar-refractivity contribution in [3.63, 3.8) is 0 Å². The van der Waals surface area contributed by atoms with Crippen LogP contribution < -0.4 is 5.73 Å². The summed E-state index contributed by atoms with van der Waals surface area (Å²) in [7, 11) is 0. The molecule has 16 heavy (non-hydrogen) atoms. The fourth-order valence-electron chi connectivity index (χ4n) is 1.19. The van der Waals surface area contributed by atoms with Gasteiger partial charge in [-0.15, -0.1) is 11.8 Å². The second kappa shape index (κ2) is 7.41. The zero-order valence-corrected chi connectivity index (χ0v) is 11.4. The van der Waals surface area contributed by atoms with Gasteiger partial charge in [0.05, 0.1) is 11.1 Å². The van der Waals surface area contributed by atoms with Crippen molar-refractivity contribution in [3.8, 4) is 0 Å². The van der Waals surface area contributed by atoms with Gasteiger partial charge in [0, 0.05) is 28.8 Å². The first kappa shape index (κ1) is 14.1. The number of hydrogen-bond acceptors (Lipinski definition) is 3. The third kappa shape index (κ3) is 4.52. The summed E-state index contributed by atoms with van der Waals surface area (Å²) in [6.45, 7) is 3.14. The van der Waals surface area contributed by atoms with E-state index in [1.54, 1.807) is 23.9 Å². The Morgan fingerprint density at radius 1 is 1.44 bits per heavy atom. The average molecular weight is 280 g/mol. The molecule has 0 radical (unpaired) electrons. The van der Waals surface area contributed by atoms with Gasteiger partial charge < -0.3 is 10.5 Å². The monoisotopic (exact) mass is 279 g/mol. The average Bonchev–Trinajstić information content (AvgIpc) is 2.28. The van der Waals surface area contributed by atoms with Gasteiger partial charge in [-0.25, -0.2) is 0 Å². The molecule has 0 saturated heterocycles. The third-order valence-corrected chi connectivity index (χ3v) is 3.85. The zero-order valence-electron chi connectivity index (χ0n) is 9.08. The van der Waals surface area contributed by atoms with E-state index in [4.69, 9.17) is 33.7 Å². The predicted molar refractivity (Wildman–Crippen MR) is 71.7 cm³/mol. The fraction of sp³-hybridized carbons (Fsp3) is 0.455. The fourth-order valence-corrected chi connectivity index (χ4v) is 2.72. The lowest BCUT2D eigenvalue weighted by atomic mass is 10.4. The van der Waals surface area contributed by atoms with Crippen molar-refractivity contribution in [3.05, 3.63) is 28.2 Å². The minimum absolute atomic E-state index is 0.0602. The van der Waals surface area contributed by atoms with Crippen LogP contribution in [0.15, 0.2) is 23.1 Å². The Morgan fingerprint density at radius 2 is 2.19 bits per heavy atom. The van der Waals surface area contributed by atoms with Crippen LogP contribution in [-0.4, -0.2) is 25.0 Å². The standard InChI is InChI=1S/C11H15Cl2NOS/c1-2-15-9(6-14)7-16-11-5-8(12)3-4-10(11)13/h3-5,9H,2,6-7,14H2,1H3. The third-order valence-electron chi connectivity index (χ3n) is 1.98. The molecule has 0 saturated carbocycles. The number of hydrogen-bond donors (Lipinski definition) is 1. The van der Waals surface area contributed by atoms with Gasteiger partial charge in [0.15, 0.2) is 0 Å². The number of benzene rings is 1. The van der Waals surface area contributed by atoms with Gasteiger partial charge in [0.1, 0.15) is 0 Å². The minimum Gasteiger partial charge on any atom is -0.376 e. The summed E-state index contributed by atoms with van der Waals surface area (Å²) in [6, 6.07) is 5.43. The molecule has 1 rings (SSSR count). The molecule has 1 aromatic rings. The van der Waals surface area contributed by atoms with E-state index in [9.17, 15) is 0 Å². The molecule has 1 atom stereocenters. The van der Waals surface area contributed by atoms with Crippen LogP contribution in [0.4, 0.5) is 0 Å². The van der Waals surface area contributed by atoms with Crippen LogP contribution in [0.3, 0.4) is 0 Å². The summed E-state index contributed by atoms with van der Waals surface area (Å²) < 4.78 is 5.46. The summed E-state index contributed by atoms with van der Waals surface area (Å²) in [6.07, 6.45) is 0.0602. The topological polar surface area (TPSA) is 35.2 Å². The van der Waals surface area contributed by atoms with Crippen molar-refractivity contribution in [1.29, 1.82) is 0 Å². The molecule has 0 fully saturated rings. The van der Waals surface area contributed by atoms with Crippen LogP contribution in [0, 0.1) is 0 Å². The molecule has 90 valence electrons. The Bertz CT molecular complexity index is 336. The highest BCUT2D eigenvalue weighted by molar-refractivity contribution is 7.99. The largest absolute Gasteiger partial charge is 0.376 e. The molecular weight excluding hydrogens is 265 g/mol. The molecule has 0 aliphatic rings. The van der Waals surface area contributed by atoms with Gasteiger partial charge in [-0.1, -0.05) is 23.2 Å². The van der Waals surface area contributed by atoms with Crippen molar-refractivity contribution in [2.24, 2.45) is 5.73 Å². The smallest absolute Gasteiger partial charge is 0.0790 e. The number of nitrogens with two attached hydrogens (primary N) is 1. The molecule has 1 unspecified atom stereocenters.